The molecule has 0 aromatic rings. The predicted molar refractivity (Wildman–Crippen MR) is 52.1 cm³/mol. The van der Waals surface area contributed by atoms with Crippen molar-refractivity contribution in [2.75, 3.05) is 13.6 Å². The van der Waals surface area contributed by atoms with Crippen LogP contribution in [0.1, 0.15) is 26.2 Å². The lowest BCUT2D eigenvalue weighted by Crippen LogP contribution is -2.43. The molecule has 3 nitrogen and oxygen atoms in total. The Hall–Kier alpha value is -0.570. The Balaban J connectivity index is 2.21. The Labute approximate surface area is 79.4 Å². The van der Waals surface area contributed by atoms with E-state index in [2.05, 4.69) is 24.0 Å². The number of hydrogen-bond acceptors (Lipinski definition) is 3. The van der Waals surface area contributed by atoms with Crippen molar-refractivity contribution in [3.05, 3.63) is 0 Å². The number of oxime groups is 1. The van der Waals surface area contributed by atoms with Crippen LogP contribution in [-0.2, 0) is 0 Å². The minimum atomic E-state index is 0.602. The first-order valence-electron chi connectivity index (χ1n) is 5.10. The Bertz CT molecular complexity index is 215. The Morgan fingerprint density at radius 3 is 2.85 bits per heavy atom. The molecule has 3 heteroatoms. The van der Waals surface area contributed by atoms with Gasteiger partial charge in [0, 0.05) is 19.0 Å². The number of nitrogens with zero attached hydrogens (tertiary/aromatic N) is 2. The van der Waals surface area contributed by atoms with E-state index in [1.807, 2.05) is 0 Å². The number of rotatable bonds is 0. The topological polar surface area (TPSA) is 35.8 Å². The van der Waals surface area contributed by atoms with Gasteiger partial charge in [0.05, 0.1) is 5.71 Å². The molecular weight excluding hydrogens is 164 g/mol. The van der Waals surface area contributed by atoms with Gasteiger partial charge in [0.2, 0.25) is 0 Å². The monoisotopic (exact) mass is 182 g/mol. The van der Waals surface area contributed by atoms with E-state index >= 15 is 0 Å². The zero-order valence-electron chi connectivity index (χ0n) is 8.40. The molecule has 74 valence electrons. The van der Waals surface area contributed by atoms with Crippen molar-refractivity contribution in [3.63, 3.8) is 0 Å². The quantitative estimate of drug-likeness (QED) is 0.456. The van der Waals surface area contributed by atoms with Gasteiger partial charge in [0.1, 0.15) is 0 Å². The van der Waals surface area contributed by atoms with E-state index in [1.165, 1.54) is 13.0 Å². The molecule has 1 saturated carbocycles. The molecule has 0 radical (unpaired) electrons. The zero-order valence-corrected chi connectivity index (χ0v) is 8.40. The minimum absolute atomic E-state index is 0.602. The lowest BCUT2D eigenvalue weighted by atomic mass is 9.86. The Morgan fingerprint density at radius 2 is 2.23 bits per heavy atom. The molecule has 2 aliphatic heterocycles. The van der Waals surface area contributed by atoms with Gasteiger partial charge in [0.25, 0.3) is 0 Å². The van der Waals surface area contributed by atoms with Crippen LogP contribution in [0.3, 0.4) is 0 Å². The standard InChI is InChI=1S/C10H18N2O/c1-7-3-8-4-9(11-13)5-10(7)12(2)6-8/h7-8,10,13H,3-6H2,1-2H3/t7-,8-,10+/m1/s1. The van der Waals surface area contributed by atoms with Gasteiger partial charge in [-0.2, -0.15) is 0 Å². The van der Waals surface area contributed by atoms with Crippen molar-refractivity contribution in [2.24, 2.45) is 17.0 Å². The molecule has 1 aliphatic carbocycles. The predicted octanol–water partition coefficient (Wildman–Crippen LogP) is 1.57. The Morgan fingerprint density at radius 1 is 1.46 bits per heavy atom. The van der Waals surface area contributed by atoms with Crippen LogP contribution in [0.25, 0.3) is 0 Å². The summed E-state index contributed by atoms with van der Waals surface area (Å²) >= 11 is 0. The highest BCUT2D eigenvalue weighted by Crippen LogP contribution is 2.34. The van der Waals surface area contributed by atoms with E-state index in [0.29, 0.717) is 12.0 Å². The van der Waals surface area contributed by atoms with Crippen LogP contribution in [0.2, 0.25) is 0 Å². The average molecular weight is 182 g/mol. The molecule has 0 aromatic heterocycles. The van der Waals surface area contributed by atoms with Crippen molar-refractivity contribution < 1.29 is 5.21 Å². The molecule has 0 amide bonds. The van der Waals surface area contributed by atoms with Gasteiger partial charge < -0.3 is 10.1 Å². The molecule has 0 unspecified atom stereocenters. The molecule has 3 fully saturated rings. The maximum absolute atomic E-state index is 8.82. The maximum atomic E-state index is 8.82. The third kappa shape index (κ3) is 1.57. The van der Waals surface area contributed by atoms with E-state index < -0.39 is 0 Å². The first kappa shape index (κ1) is 9.00. The summed E-state index contributed by atoms with van der Waals surface area (Å²) in [6.45, 7) is 3.49. The number of hydrogen-bond donors (Lipinski definition) is 1. The van der Waals surface area contributed by atoms with Crippen LogP contribution in [0.5, 0.6) is 0 Å². The van der Waals surface area contributed by atoms with Crippen molar-refractivity contribution in [3.8, 4) is 0 Å². The third-order valence-corrected chi connectivity index (χ3v) is 3.58. The molecule has 3 rings (SSSR count). The molecule has 3 atom stereocenters. The molecule has 1 N–H and O–H groups in total. The van der Waals surface area contributed by atoms with Crippen LogP contribution in [-0.4, -0.2) is 35.5 Å². The lowest BCUT2D eigenvalue weighted by Gasteiger charge is -2.38. The fourth-order valence-electron chi connectivity index (χ4n) is 2.98. The first-order chi connectivity index (χ1) is 6.20. The second-order valence-electron chi connectivity index (χ2n) is 4.66. The number of piperidine rings is 1. The molecule has 3 aliphatic rings. The molecule has 2 bridgehead atoms. The van der Waals surface area contributed by atoms with Gasteiger partial charge in [-0.25, -0.2) is 0 Å². The average Bonchev–Trinajstić information content (AvgIpc) is 2.32. The normalized spacial score (nSPS) is 43.8. The van der Waals surface area contributed by atoms with E-state index in [1.54, 1.807) is 0 Å². The second-order valence-corrected chi connectivity index (χ2v) is 4.66. The summed E-state index contributed by atoms with van der Waals surface area (Å²) in [7, 11) is 2.19. The van der Waals surface area contributed by atoms with Crippen LogP contribution in [0.4, 0.5) is 0 Å². The van der Waals surface area contributed by atoms with E-state index in [4.69, 9.17) is 5.21 Å². The summed E-state index contributed by atoms with van der Waals surface area (Å²) in [5.74, 6) is 1.47. The second kappa shape index (κ2) is 3.29. The van der Waals surface area contributed by atoms with Crippen LogP contribution in [0.15, 0.2) is 5.16 Å². The van der Waals surface area contributed by atoms with Crippen LogP contribution >= 0.6 is 0 Å². The van der Waals surface area contributed by atoms with Gasteiger partial charge in [-0.05, 0) is 31.7 Å². The number of fused-ring (bicyclic) bond motifs is 4. The molecule has 0 aromatic carbocycles. The summed E-state index contributed by atoms with van der Waals surface area (Å²) in [4.78, 5) is 2.43. The molecular formula is C10H18N2O. The zero-order chi connectivity index (χ0) is 9.42. The highest BCUT2D eigenvalue weighted by Gasteiger charge is 2.36. The van der Waals surface area contributed by atoms with Gasteiger partial charge in [-0.3, -0.25) is 0 Å². The lowest BCUT2D eigenvalue weighted by molar-refractivity contribution is 0.106. The largest absolute Gasteiger partial charge is 0.411 e. The summed E-state index contributed by atoms with van der Waals surface area (Å²) < 4.78 is 0. The minimum Gasteiger partial charge on any atom is -0.411 e. The van der Waals surface area contributed by atoms with Crippen molar-refractivity contribution in [2.45, 2.75) is 32.2 Å². The van der Waals surface area contributed by atoms with Crippen molar-refractivity contribution in [1.29, 1.82) is 0 Å². The summed E-state index contributed by atoms with van der Waals surface area (Å²) in [5.41, 5.74) is 1.00. The summed E-state index contributed by atoms with van der Waals surface area (Å²) in [5, 5.41) is 12.2. The van der Waals surface area contributed by atoms with Crippen molar-refractivity contribution >= 4 is 5.71 Å². The molecule has 2 saturated heterocycles. The summed E-state index contributed by atoms with van der Waals surface area (Å²) in [6, 6.07) is 0.602. The first-order valence-corrected chi connectivity index (χ1v) is 5.10. The fourth-order valence-corrected chi connectivity index (χ4v) is 2.98. The van der Waals surface area contributed by atoms with E-state index in [-0.39, 0.29) is 0 Å². The summed E-state index contributed by atoms with van der Waals surface area (Å²) in [6.07, 6.45) is 3.26. The van der Waals surface area contributed by atoms with Crippen LogP contribution < -0.4 is 0 Å². The molecule has 2 heterocycles. The van der Waals surface area contributed by atoms with Crippen molar-refractivity contribution in [1.82, 2.24) is 4.90 Å². The fraction of sp³-hybridized carbons (Fsp3) is 0.900. The van der Waals surface area contributed by atoms with E-state index in [0.717, 1.165) is 24.5 Å². The third-order valence-electron chi connectivity index (χ3n) is 3.58. The van der Waals surface area contributed by atoms with Crippen LogP contribution in [0, 0.1) is 11.8 Å². The maximum Gasteiger partial charge on any atom is 0.0589 e. The van der Waals surface area contributed by atoms with Gasteiger partial charge in [0.15, 0.2) is 0 Å². The smallest absolute Gasteiger partial charge is 0.0589 e. The molecule has 13 heavy (non-hydrogen) atoms. The highest BCUT2D eigenvalue weighted by atomic mass is 16.4. The van der Waals surface area contributed by atoms with Gasteiger partial charge >= 0.3 is 0 Å². The Kier molecular flexibility index (Phi) is 2.28. The molecule has 0 spiro atoms. The van der Waals surface area contributed by atoms with Gasteiger partial charge in [-0.15, -0.1) is 0 Å². The SMILES string of the molecule is C[C@@H]1C[C@@H]2CC(=NO)C[C@@H]1N(C)C2. The highest BCUT2D eigenvalue weighted by molar-refractivity contribution is 5.85. The van der Waals surface area contributed by atoms with E-state index in [9.17, 15) is 0 Å². The van der Waals surface area contributed by atoms with Gasteiger partial charge in [-0.1, -0.05) is 12.1 Å².